The molecule has 118 valence electrons. The predicted molar refractivity (Wildman–Crippen MR) is 76.2 cm³/mol. The summed E-state index contributed by atoms with van der Waals surface area (Å²) in [5, 5.41) is 5.01. The molecule has 2 rings (SSSR count). The molecule has 1 heterocycles. The van der Waals surface area contributed by atoms with Crippen LogP contribution >= 0.6 is 15.9 Å². The molecular weight excluding hydrogens is 366 g/mol. The van der Waals surface area contributed by atoms with Gasteiger partial charge in [0.15, 0.2) is 4.67 Å². The number of ether oxygens (including phenoxy) is 2. The van der Waals surface area contributed by atoms with Gasteiger partial charge in [0.05, 0.1) is 6.10 Å². The van der Waals surface area contributed by atoms with Crippen molar-refractivity contribution in [3.63, 3.8) is 0 Å². The second-order valence-corrected chi connectivity index (χ2v) is 7.10. The van der Waals surface area contributed by atoms with Crippen molar-refractivity contribution >= 4 is 31.9 Å². The van der Waals surface area contributed by atoms with E-state index in [0.29, 0.717) is 6.42 Å². The normalized spacial score (nSPS) is 23.0. The quantitative estimate of drug-likeness (QED) is 0.796. The SMILES string of the molecule is COC1CCCC(OC(=O)c2cc(S(N)(=O)=O)c(Br)o2)C1. The fourth-order valence-corrected chi connectivity index (χ4v) is 3.78. The van der Waals surface area contributed by atoms with Gasteiger partial charge in [-0.1, -0.05) is 0 Å². The monoisotopic (exact) mass is 381 g/mol. The van der Waals surface area contributed by atoms with Gasteiger partial charge in [-0.15, -0.1) is 0 Å². The van der Waals surface area contributed by atoms with Crippen molar-refractivity contribution in [1.82, 2.24) is 0 Å². The lowest BCUT2D eigenvalue weighted by Gasteiger charge is -2.27. The number of halogens is 1. The summed E-state index contributed by atoms with van der Waals surface area (Å²) >= 11 is 2.91. The van der Waals surface area contributed by atoms with Crippen molar-refractivity contribution in [3.8, 4) is 0 Å². The zero-order chi connectivity index (χ0) is 15.6. The highest BCUT2D eigenvalue weighted by atomic mass is 79.9. The minimum Gasteiger partial charge on any atom is -0.456 e. The van der Waals surface area contributed by atoms with E-state index < -0.39 is 16.0 Å². The van der Waals surface area contributed by atoms with Crippen LogP contribution in [0, 0.1) is 0 Å². The first-order valence-corrected chi connectivity index (χ1v) is 8.71. The van der Waals surface area contributed by atoms with E-state index in [4.69, 9.17) is 19.0 Å². The van der Waals surface area contributed by atoms with E-state index in [9.17, 15) is 13.2 Å². The summed E-state index contributed by atoms with van der Waals surface area (Å²) in [6.07, 6.45) is 3.01. The molecule has 2 unspecified atom stereocenters. The summed E-state index contributed by atoms with van der Waals surface area (Å²) in [6.45, 7) is 0. The van der Waals surface area contributed by atoms with E-state index in [-0.39, 0.29) is 27.5 Å². The third kappa shape index (κ3) is 4.06. The fraction of sp³-hybridized carbons (Fsp3) is 0.583. The average molecular weight is 382 g/mol. The first-order valence-electron chi connectivity index (χ1n) is 6.37. The Kier molecular flexibility index (Phi) is 5.07. The number of hydrogen-bond donors (Lipinski definition) is 1. The number of nitrogens with two attached hydrogens (primary N) is 1. The Labute approximate surface area is 130 Å². The molecule has 0 aliphatic heterocycles. The molecule has 1 aromatic rings. The number of primary sulfonamides is 1. The number of carbonyl (C=O) groups excluding carboxylic acids is 1. The van der Waals surface area contributed by atoms with Gasteiger partial charge in [-0.3, -0.25) is 0 Å². The van der Waals surface area contributed by atoms with Gasteiger partial charge in [-0.2, -0.15) is 0 Å². The predicted octanol–water partition coefficient (Wildman–Crippen LogP) is 1.80. The molecule has 1 aromatic heterocycles. The van der Waals surface area contributed by atoms with Gasteiger partial charge in [-0.05, 0) is 35.2 Å². The van der Waals surface area contributed by atoms with Crippen LogP contribution in [-0.4, -0.2) is 33.7 Å². The maximum Gasteiger partial charge on any atom is 0.374 e. The molecule has 2 N–H and O–H groups in total. The number of hydrogen-bond acceptors (Lipinski definition) is 6. The first-order chi connectivity index (χ1) is 9.81. The number of sulfonamides is 1. The summed E-state index contributed by atoms with van der Waals surface area (Å²) < 4.78 is 38.1. The lowest BCUT2D eigenvalue weighted by molar-refractivity contribution is -0.0169. The Morgan fingerprint density at radius 3 is 2.67 bits per heavy atom. The average Bonchev–Trinajstić information content (AvgIpc) is 2.81. The standard InChI is InChI=1S/C12H16BrNO6S/c1-18-7-3-2-4-8(5-7)19-12(15)9-6-10(11(13)20-9)21(14,16)17/h6-8H,2-5H2,1H3,(H2,14,16,17). The van der Waals surface area contributed by atoms with E-state index in [2.05, 4.69) is 15.9 Å². The second kappa shape index (κ2) is 6.47. The number of carbonyl (C=O) groups is 1. The number of methoxy groups -OCH3 is 1. The molecule has 0 spiro atoms. The Balaban J connectivity index is 2.07. The van der Waals surface area contributed by atoms with E-state index in [1.165, 1.54) is 0 Å². The maximum atomic E-state index is 12.0. The molecular formula is C12H16BrNO6S. The molecule has 1 fully saturated rings. The van der Waals surface area contributed by atoms with Crippen molar-refractivity contribution in [3.05, 3.63) is 16.5 Å². The summed E-state index contributed by atoms with van der Waals surface area (Å²) in [4.78, 5) is 11.7. The van der Waals surface area contributed by atoms with Crippen LogP contribution in [0.2, 0.25) is 0 Å². The fourth-order valence-electron chi connectivity index (χ4n) is 2.28. The van der Waals surface area contributed by atoms with Crippen molar-refractivity contribution in [2.75, 3.05) is 7.11 Å². The van der Waals surface area contributed by atoms with E-state index in [1.54, 1.807) is 7.11 Å². The van der Waals surface area contributed by atoms with Gasteiger partial charge in [0.1, 0.15) is 11.0 Å². The first kappa shape index (κ1) is 16.5. The van der Waals surface area contributed by atoms with Gasteiger partial charge in [0.2, 0.25) is 15.8 Å². The topological polar surface area (TPSA) is 109 Å². The molecule has 7 nitrogen and oxygen atoms in total. The molecule has 0 aromatic carbocycles. The molecule has 1 aliphatic carbocycles. The minimum absolute atomic E-state index is 0.0693. The molecule has 1 aliphatic rings. The second-order valence-electron chi connectivity index (χ2n) is 4.85. The molecule has 0 amide bonds. The zero-order valence-electron chi connectivity index (χ0n) is 11.4. The molecule has 9 heteroatoms. The lowest BCUT2D eigenvalue weighted by Crippen LogP contribution is -2.29. The summed E-state index contributed by atoms with van der Waals surface area (Å²) in [5.41, 5.74) is 0. The van der Waals surface area contributed by atoms with Gasteiger partial charge >= 0.3 is 5.97 Å². The highest BCUT2D eigenvalue weighted by molar-refractivity contribution is 9.10. The summed E-state index contributed by atoms with van der Waals surface area (Å²) in [7, 11) is -2.34. The Hall–Kier alpha value is -0.900. The molecule has 0 saturated heterocycles. The van der Waals surface area contributed by atoms with Crippen molar-refractivity contribution in [1.29, 1.82) is 0 Å². The summed E-state index contributed by atoms with van der Waals surface area (Å²) in [6, 6.07) is 1.05. The van der Waals surface area contributed by atoms with Crippen LogP contribution in [0.3, 0.4) is 0 Å². The minimum atomic E-state index is -3.96. The lowest BCUT2D eigenvalue weighted by atomic mass is 9.95. The smallest absolute Gasteiger partial charge is 0.374 e. The Morgan fingerprint density at radius 1 is 1.43 bits per heavy atom. The third-order valence-electron chi connectivity index (χ3n) is 3.35. The van der Waals surface area contributed by atoms with Crippen LogP contribution in [0.25, 0.3) is 0 Å². The van der Waals surface area contributed by atoms with E-state index in [0.717, 1.165) is 25.3 Å². The highest BCUT2D eigenvalue weighted by Crippen LogP contribution is 2.28. The van der Waals surface area contributed by atoms with E-state index in [1.807, 2.05) is 0 Å². The van der Waals surface area contributed by atoms with Gasteiger partial charge in [0.25, 0.3) is 0 Å². The van der Waals surface area contributed by atoms with Crippen LogP contribution in [0.4, 0.5) is 0 Å². The maximum absolute atomic E-state index is 12.0. The molecule has 0 bridgehead atoms. The molecule has 21 heavy (non-hydrogen) atoms. The summed E-state index contributed by atoms with van der Waals surface area (Å²) in [5.74, 6) is -0.919. The van der Waals surface area contributed by atoms with Crippen LogP contribution < -0.4 is 5.14 Å². The van der Waals surface area contributed by atoms with Gasteiger partial charge < -0.3 is 13.9 Å². The van der Waals surface area contributed by atoms with Crippen LogP contribution in [0.1, 0.15) is 36.2 Å². The number of rotatable bonds is 4. The van der Waals surface area contributed by atoms with Crippen molar-refractivity contribution in [2.24, 2.45) is 5.14 Å². The van der Waals surface area contributed by atoms with Crippen molar-refractivity contribution in [2.45, 2.75) is 42.8 Å². The highest BCUT2D eigenvalue weighted by Gasteiger charge is 2.28. The molecule has 0 radical (unpaired) electrons. The Morgan fingerprint density at radius 2 is 2.10 bits per heavy atom. The van der Waals surface area contributed by atoms with E-state index >= 15 is 0 Å². The third-order valence-corrected chi connectivity index (χ3v) is 5.12. The molecule has 1 saturated carbocycles. The number of esters is 1. The Bertz CT molecular complexity index is 626. The zero-order valence-corrected chi connectivity index (χ0v) is 13.8. The van der Waals surface area contributed by atoms with Crippen molar-refractivity contribution < 1.29 is 27.1 Å². The largest absolute Gasteiger partial charge is 0.456 e. The van der Waals surface area contributed by atoms with Crippen LogP contribution in [-0.2, 0) is 19.5 Å². The van der Waals surface area contributed by atoms with Crippen LogP contribution in [0.5, 0.6) is 0 Å². The van der Waals surface area contributed by atoms with Gasteiger partial charge in [0, 0.05) is 19.6 Å². The number of furan rings is 1. The molecule has 2 atom stereocenters. The van der Waals surface area contributed by atoms with Crippen LogP contribution in [0.15, 0.2) is 20.0 Å². The van der Waals surface area contributed by atoms with Gasteiger partial charge in [-0.25, -0.2) is 18.4 Å².